The summed E-state index contributed by atoms with van der Waals surface area (Å²) in [6, 6.07) is 12.5. The van der Waals surface area contributed by atoms with Crippen molar-refractivity contribution in [2.75, 3.05) is 19.8 Å². The van der Waals surface area contributed by atoms with Gasteiger partial charge >= 0.3 is 0 Å². The summed E-state index contributed by atoms with van der Waals surface area (Å²) in [5.41, 5.74) is 1.27. The molecule has 2 heterocycles. The van der Waals surface area contributed by atoms with E-state index >= 15 is 0 Å². The minimum Gasteiger partial charge on any atom is -0.494 e. The summed E-state index contributed by atoms with van der Waals surface area (Å²) >= 11 is 0. The van der Waals surface area contributed by atoms with Gasteiger partial charge < -0.3 is 24.1 Å². The fourth-order valence-corrected chi connectivity index (χ4v) is 2.75. The highest BCUT2D eigenvalue weighted by atomic mass is 16.6. The first-order valence-electron chi connectivity index (χ1n) is 8.96. The Bertz CT molecular complexity index is 968. The third kappa shape index (κ3) is 3.90. The number of rotatable bonds is 6. The van der Waals surface area contributed by atoms with E-state index in [4.69, 9.17) is 18.7 Å². The lowest BCUT2D eigenvalue weighted by Gasteiger charge is -2.18. The summed E-state index contributed by atoms with van der Waals surface area (Å²) < 4.78 is 21.6. The van der Waals surface area contributed by atoms with Crippen molar-refractivity contribution in [1.29, 1.82) is 0 Å². The standard InChI is InChI=1S/C20H19N3O5/c1-2-25-15-6-3-13(4-7-15)19-22-18(28-23-19)12-21-20(24)14-5-8-16-17(11-14)27-10-9-26-16/h3-8,11H,2,9-10,12H2,1H3,(H,21,24). The van der Waals surface area contributed by atoms with Crippen molar-refractivity contribution in [1.82, 2.24) is 15.5 Å². The monoisotopic (exact) mass is 381 g/mol. The highest BCUT2D eigenvalue weighted by Gasteiger charge is 2.16. The summed E-state index contributed by atoms with van der Waals surface area (Å²) in [5.74, 6) is 2.48. The van der Waals surface area contributed by atoms with Gasteiger partial charge in [0.05, 0.1) is 13.2 Å². The molecule has 2 aromatic carbocycles. The van der Waals surface area contributed by atoms with E-state index in [9.17, 15) is 4.79 Å². The van der Waals surface area contributed by atoms with E-state index in [1.54, 1.807) is 18.2 Å². The molecule has 1 aliphatic rings. The van der Waals surface area contributed by atoms with E-state index in [1.807, 2.05) is 31.2 Å². The van der Waals surface area contributed by atoms with Gasteiger partial charge in [-0.05, 0) is 49.4 Å². The van der Waals surface area contributed by atoms with Gasteiger partial charge in [-0.2, -0.15) is 4.98 Å². The van der Waals surface area contributed by atoms with Gasteiger partial charge in [0.1, 0.15) is 19.0 Å². The van der Waals surface area contributed by atoms with Crippen molar-refractivity contribution >= 4 is 5.91 Å². The molecule has 3 aromatic rings. The summed E-state index contributed by atoms with van der Waals surface area (Å²) in [5, 5.41) is 6.72. The zero-order chi connectivity index (χ0) is 19.3. The molecule has 144 valence electrons. The van der Waals surface area contributed by atoms with Crippen molar-refractivity contribution in [3.05, 3.63) is 53.9 Å². The highest BCUT2D eigenvalue weighted by molar-refractivity contribution is 5.94. The maximum Gasteiger partial charge on any atom is 0.251 e. The van der Waals surface area contributed by atoms with Gasteiger partial charge in [0.25, 0.3) is 5.91 Å². The molecule has 0 bridgehead atoms. The van der Waals surface area contributed by atoms with Crippen LogP contribution in [0, 0.1) is 0 Å². The topological polar surface area (TPSA) is 95.7 Å². The Labute approximate surface area is 161 Å². The zero-order valence-corrected chi connectivity index (χ0v) is 15.3. The maximum atomic E-state index is 12.4. The first-order valence-corrected chi connectivity index (χ1v) is 8.96. The number of carbonyl (C=O) groups excluding carboxylic acids is 1. The SMILES string of the molecule is CCOc1ccc(-c2noc(CNC(=O)c3ccc4c(c3)OCCO4)n2)cc1. The number of benzene rings is 2. The molecule has 1 aliphatic heterocycles. The molecule has 0 saturated carbocycles. The quantitative estimate of drug-likeness (QED) is 0.701. The van der Waals surface area contributed by atoms with Crippen LogP contribution in [-0.4, -0.2) is 35.9 Å². The van der Waals surface area contributed by atoms with Gasteiger partial charge in [-0.3, -0.25) is 4.79 Å². The van der Waals surface area contributed by atoms with Gasteiger partial charge in [-0.1, -0.05) is 5.16 Å². The minimum absolute atomic E-state index is 0.122. The molecule has 1 N–H and O–H groups in total. The van der Waals surface area contributed by atoms with Crippen LogP contribution >= 0.6 is 0 Å². The van der Waals surface area contributed by atoms with E-state index in [-0.39, 0.29) is 12.5 Å². The van der Waals surface area contributed by atoms with Crippen molar-refractivity contribution in [2.45, 2.75) is 13.5 Å². The number of hydrogen-bond acceptors (Lipinski definition) is 7. The molecule has 4 rings (SSSR count). The van der Waals surface area contributed by atoms with Crippen LogP contribution in [0.1, 0.15) is 23.2 Å². The number of carbonyl (C=O) groups is 1. The number of fused-ring (bicyclic) bond motifs is 1. The van der Waals surface area contributed by atoms with Gasteiger partial charge in [0.15, 0.2) is 11.5 Å². The lowest BCUT2D eigenvalue weighted by molar-refractivity contribution is 0.0945. The van der Waals surface area contributed by atoms with Gasteiger partial charge in [0, 0.05) is 11.1 Å². The number of aromatic nitrogens is 2. The molecule has 8 nitrogen and oxygen atoms in total. The Morgan fingerprint density at radius 3 is 2.68 bits per heavy atom. The molecule has 8 heteroatoms. The number of ether oxygens (including phenoxy) is 3. The van der Waals surface area contributed by atoms with Crippen molar-refractivity contribution in [3.63, 3.8) is 0 Å². The first-order chi connectivity index (χ1) is 13.7. The van der Waals surface area contributed by atoms with Gasteiger partial charge in [0.2, 0.25) is 11.7 Å². The number of hydrogen-bond donors (Lipinski definition) is 1. The molecule has 0 atom stereocenters. The fraction of sp³-hybridized carbons (Fsp3) is 0.250. The maximum absolute atomic E-state index is 12.4. The predicted octanol–water partition coefficient (Wildman–Crippen LogP) is 2.84. The molecule has 1 aromatic heterocycles. The molecular formula is C20H19N3O5. The lowest BCUT2D eigenvalue weighted by atomic mass is 10.2. The second-order valence-electron chi connectivity index (χ2n) is 6.01. The van der Waals surface area contributed by atoms with Crippen LogP contribution in [0.25, 0.3) is 11.4 Å². The second kappa shape index (κ2) is 7.99. The van der Waals surface area contributed by atoms with Crippen molar-refractivity contribution in [2.24, 2.45) is 0 Å². The number of nitrogens with zero attached hydrogens (tertiary/aromatic N) is 2. The summed E-state index contributed by atoms with van der Waals surface area (Å²) in [7, 11) is 0. The Morgan fingerprint density at radius 2 is 1.89 bits per heavy atom. The Hall–Kier alpha value is -3.55. The molecule has 0 fully saturated rings. The van der Waals surface area contributed by atoms with E-state index in [0.29, 0.717) is 48.6 Å². The van der Waals surface area contributed by atoms with Crippen LogP contribution in [0.3, 0.4) is 0 Å². The summed E-state index contributed by atoms with van der Waals surface area (Å²) in [6.45, 7) is 3.63. The molecule has 0 radical (unpaired) electrons. The number of nitrogens with one attached hydrogen (secondary N) is 1. The largest absolute Gasteiger partial charge is 0.494 e. The molecule has 1 amide bonds. The van der Waals surface area contributed by atoms with Gasteiger partial charge in [-0.15, -0.1) is 0 Å². The van der Waals surface area contributed by atoms with Crippen LogP contribution in [0.4, 0.5) is 0 Å². The van der Waals surface area contributed by atoms with Gasteiger partial charge in [-0.25, -0.2) is 0 Å². The van der Waals surface area contributed by atoms with Crippen molar-refractivity contribution in [3.8, 4) is 28.6 Å². The second-order valence-corrected chi connectivity index (χ2v) is 6.01. The molecule has 0 unspecified atom stereocenters. The van der Waals surface area contributed by atoms with E-state index < -0.39 is 0 Å². The van der Waals surface area contributed by atoms with Crippen molar-refractivity contribution < 1.29 is 23.5 Å². The van der Waals surface area contributed by atoms with E-state index in [2.05, 4.69) is 15.5 Å². The summed E-state index contributed by atoms with van der Waals surface area (Å²) in [6.07, 6.45) is 0. The van der Waals surface area contributed by atoms with Crippen LogP contribution in [0.5, 0.6) is 17.2 Å². The van der Waals surface area contributed by atoms with Crippen LogP contribution in [0.15, 0.2) is 47.0 Å². The molecule has 28 heavy (non-hydrogen) atoms. The fourth-order valence-electron chi connectivity index (χ4n) is 2.75. The molecule has 0 aliphatic carbocycles. The summed E-state index contributed by atoms with van der Waals surface area (Å²) in [4.78, 5) is 16.7. The Kier molecular flexibility index (Phi) is 5.09. The number of amides is 1. The zero-order valence-electron chi connectivity index (χ0n) is 15.3. The van der Waals surface area contributed by atoms with E-state index in [0.717, 1.165) is 11.3 Å². The average molecular weight is 381 g/mol. The molecule has 0 spiro atoms. The minimum atomic E-state index is -0.266. The third-order valence-corrected chi connectivity index (χ3v) is 4.10. The average Bonchev–Trinajstić information content (AvgIpc) is 3.21. The molecule has 0 saturated heterocycles. The lowest BCUT2D eigenvalue weighted by Crippen LogP contribution is -2.23. The van der Waals surface area contributed by atoms with E-state index in [1.165, 1.54) is 0 Å². The first kappa shape index (κ1) is 17.8. The van der Waals surface area contributed by atoms with Crippen LogP contribution < -0.4 is 19.5 Å². The van der Waals surface area contributed by atoms with Crippen LogP contribution in [0.2, 0.25) is 0 Å². The van der Waals surface area contributed by atoms with Crippen LogP contribution in [-0.2, 0) is 6.54 Å². The normalized spacial score (nSPS) is 12.5. The Balaban J connectivity index is 1.38. The predicted molar refractivity (Wildman–Crippen MR) is 99.5 cm³/mol. The molecular weight excluding hydrogens is 362 g/mol. The third-order valence-electron chi connectivity index (χ3n) is 4.10. The Morgan fingerprint density at radius 1 is 1.11 bits per heavy atom. The highest BCUT2D eigenvalue weighted by Crippen LogP contribution is 2.30. The smallest absolute Gasteiger partial charge is 0.251 e.